The Labute approximate surface area is 104 Å². The van der Waals surface area contributed by atoms with Crippen molar-refractivity contribution in [1.82, 2.24) is 5.32 Å². The van der Waals surface area contributed by atoms with Gasteiger partial charge in [0.1, 0.15) is 0 Å². The number of nitrogens with one attached hydrogen (secondary N) is 1. The maximum Gasteiger partial charge on any atom is 0.0584 e. The van der Waals surface area contributed by atoms with Crippen LogP contribution in [0.5, 0.6) is 0 Å². The number of benzene rings is 1. The Bertz CT molecular complexity index is 382. The van der Waals surface area contributed by atoms with Crippen molar-refractivity contribution in [3.05, 3.63) is 35.4 Å². The minimum absolute atomic E-state index is 0.199. The second kappa shape index (κ2) is 4.79. The largest absolute Gasteiger partial charge is 0.395 e. The van der Waals surface area contributed by atoms with E-state index in [0.717, 1.165) is 12.8 Å². The van der Waals surface area contributed by atoms with Crippen LogP contribution in [0.3, 0.4) is 0 Å². The third-order valence-corrected chi connectivity index (χ3v) is 3.91. The van der Waals surface area contributed by atoms with E-state index in [1.807, 2.05) is 0 Å². The van der Waals surface area contributed by atoms with Gasteiger partial charge in [-0.2, -0.15) is 0 Å². The van der Waals surface area contributed by atoms with Gasteiger partial charge in [0.05, 0.1) is 6.61 Å². The normalized spacial score (nSPS) is 23.4. The molecule has 1 unspecified atom stereocenters. The molecule has 2 atom stereocenters. The summed E-state index contributed by atoms with van der Waals surface area (Å²) in [5.41, 5.74) is 3.08. The number of hydrogen-bond donors (Lipinski definition) is 2. The molecule has 0 radical (unpaired) electrons. The van der Waals surface area contributed by atoms with Crippen LogP contribution in [-0.4, -0.2) is 17.8 Å². The van der Waals surface area contributed by atoms with Crippen molar-refractivity contribution in [2.75, 3.05) is 6.61 Å². The van der Waals surface area contributed by atoms with E-state index in [-0.39, 0.29) is 18.1 Å². The third kappa shape index (κ3) is 2.38. The van der Waals surface area contributed by atoms with Crippen LogP contribution in [0.15, 0.2) is 24.3 Å². The van der Waals surface area contributed by atoms with Crippen LogP contribution in [0.2, 0.25) is 0 Å². The minimum atomic E-state index is 0.199. The van der Waals surface area contributed by atoms with Crippen molar-refractivity contribution >= 4 is 0 Å². The maximum atomic E-state index is 9.34. The van der Waals surface area contributed by atoms with Gasteiger partial charge in [-0.05, 0) is 29.4 Å². The SMILES string of the molecule is CC[C@@H](CO)NC1c2ccccc2CC1(C)C. The van der Waals surface area contributed by atoms with Crippen molar-refractivity contribution in [2.24, 2.45) is 5.41 Å². The lowest BCUT2D eigenvalue weighted by atomic mass is 9.85. The molecule has 0 saturated heterocycles. The Kier molecular flexibility index (Phi) is 3.55. The van der Waals surface area contributed by atoms with E-state index in [4.69, 9.17) is 0 Å². The van der Waals surface area contributed by atoms with Gasteiger partial charge in [0.15, 0.2) is 0 Å². The summed E-state index contributed by atoms with van der Waals surface area (Å²) in [5.74, 6) is 0. The Morgan fingerprint density at radius 2 is 2.12 bits per heavy atom. The molecule has 1 aliphatic rings. The molecule has 2 N–H and O–H groups in total. The van der Waals surface area contributed by atoms with Crippen LogP contribution in [0, 0.1) is 5.41 Å². The van der Waals surface area contributed by atoms with Crippen LogP contribution in [0.1, 0.15) is 44.4 Å². The van der Waals surface area contributed by atoms with Gasteiger partial charge in [-0.15, -0.1) is 0 Å². The molecule has 1 aromatic carbocycles. The Hall–Kier alpha value is -0.860. The lowest BCUT2D eigenvalue weighted by Crippen LogP contribution is -2.40. The lowest BCUT2D eigenvalue weighted by Gasteiger charge is -2.31. The molecular weight excluding hydrogens is 210 g/mol. The molecule has 94 valence electrons. The van der Waals surface area contributed by atoms with E-state index in [2.05, 4.69) is 50.4 Å². The predicted molar refractivity (Wildman–Crippen MR) is 71.0 cm³/mol. The van der Waals surface area contributed by atoms with Crippen LogP contribution >= 0.6 is 0 Å². The fourth-order valence-electron chi connectivity index (χ4n) is 2.84. The van der Waals surface area contributed by atoms with Crippen molar-refractivity contribution < 1.29 is 5.11 Å². The highest BCUT2D eigenvalue weighted by molar-refractivity contribution is 5.37. The fraction of sp³-hybridized carbons (Fsp3) is 0.600. The molecule has 1 aliphatic carbocycles. The first-order valence-corrected chi connectivity index (χ1v) is 6.53. The number of hydrogen-bond acceptors (Lipinski definition) is 2. The number of aliphatic hydroxyl groups excluding tert-OH is 1. The Morgan fingerprint density at radius 1 is 1.41 bits per heavy atom. The zero-order valence-corrected chi connectivity index (χ0v) is 11.0. The second-order valence-corrected chi connectivity index (χ2v) is 5.75. The Balaban J connectivity index is 2.25. The van der Waals surface area contributed by atoms with Crippen LogP contribution < -0.4 is 5.32 Å². The van der Waals surface area contributed by atoms with E-state index in [1.165, 1.54) is 11.1 Å². The second-order valence-electron chi connectivity index (χ2n) is 5.75. The molecule has 0 bridgehead atoms. The van der Waals surface area contributed by atoms with E-state index >= 15 is 0 Å². The fourth-order valence-corrected chi connectivity index (χ4v) is 2.84. The van der Waals surface area contributed by atoms with E-state index < -0.39 is 0 Å². The Morgan fingerprint density at radius 3 is 2.76 bits per heavy atom. The zero-order chi connectivity index (χ0) is 12.5. The molecule has 2 heteroatoms. The average molecular weight is 233 g/mol. The first-order chi connectivity index (χ1) is 8.08. The molecule has 0 saturated carbocycles. The summed E-state index contributed by atoms with van der Waals surface area (Å²) in [6.07, 6.45) is 2.08. The van der Waals surface area contributed by atoms with Gasteiger partial charge in [0.2, 0.25) is 0 Å². The summed E-state index contributed by atoms with van der Waals surface area (Å²) in [6, 6.07) is 9.21. The number of rotatable bonds is 4. The van der Waals surface area contributed by atoms with Crippen LogP contribution in [0.4, 0.5) is 0 Å². The molecule has 0 heterocycles. The molecule has 0 amide bonds. The zero-order valence-electron chi connectivity index (χ0n) is 11.0. The van der Waals surface area contributed by atoms with E-state index in [0.29, 0.717) is 6.04 Å². The van der Waals surface area contributed by atoms with Crippen molar-refractivity contribution in [1.29, 1.82) is 0 Å². The smallest absolute Gasteiger partial charge is 0.0584 e. The standard InChI is InChI=1S/C15H23NO/c1-4-12(10-17)16-14-13-8-6-5-7-11(13)9-15(14,2)3/h5-8,12,14,16-17H,4,9-10H2,1-3H3/t12-,14?/m0/s1. The van der Waals surface area contributed by atoms with Crippen LogP contribution in [0.25, 0.3) is 0 Å². The van der Waals surface area contributed by atoms with Gasteiger partial charge in [0, 0.05) is 12.1 Å². The quantitative estimate of drug-likeness (QED) is 0.838. The van der Waals surface area contributed by atoms with Gasteiger partial charge in [0.25, 0.3) is 0 Å². The van der Waals surface area contributed by atoms with E-state index in [1.54, 1.807) is 0 Å². The summed E-state index contributed by atoms with van der Waals surface area (Å²) in [4.78, 5) is 0. The molecule has 17 heavy (non-hydrogen) atoms. The summed E-state index contributed by atoms with van der Waals surface area (Å²) in [7, 11) is 0. The van der Waals surface area contributed by atoms with Crippen molar-refractivity contribution in [2.45, 2.75) is 45.7 Å². The molecule has 0 aliphatic heterocycles. The summed E-state index contributed by atoms with van der Waals surface area (Å²) >= 11 is 0. The van der Waals surface area contributed by atoms with E-state index in [9.17, 15) is 5.11 Å². The summed E-state index contributed by atoms with van der Waals surface area (Å²) < 4.78 is 0. The van der Waals surface area contributed by atoms with Gasteiger partial charge in [-0.1, -0.05) is 45.0 Å². The molecular formula is C15H23NO. The van der Waals surface area contributed by atoms with Crippen LogP contribution in [-0.2, 0) is 6.42 Å². The van der Waals surface area contributed by atoms with Gasteiger partial charge in [-0.25, -0.2) is 0 Å². The minimum Gasteiger partial charge on any atom is -0.395 e. The number of aliphatic hydroxyl groups is 1. The number of fused-ring (bicyclic) bond motifs is 1. The average Bonchev–Trinajstić information content (AvgIpc) is 2.56. The molecule has 0 fully saturated rings. The third-order valence-electron chi connectivity index (χ3n) is 3.91. The summed E-state index contributed by atoms with van der Waals surface area (Å²) in [6.45, 7) is 6.93. The highest BCUT2D eigenvalue weighted by atomic mass is 16.3. The van der Waals surface area contributed by atoms with Crippen molar-refractivity contribution in [3.63, 3.8) is 0 Å². The topological polar surface area (TPSA) is 32.3 Å². The van der Waals surface area contributed by atoms with Gasteiger partial charge >= 0.3 is 0 Å². The highest BCUT2D eigenvalue weighted by Gasteiger charge is 2.39. The van der Waals surface area contributed by atoms with Gasteiger partial charge in [-0.3, -0.25) is 0 Å². The molecule has 0 spiro atoms. The van der Waals surface area contributed by atoms with Crippen molar-refractivity contribution in [3.8, 4) is 0 Å². The molecule has 0 aromatic heterocycles. The van der Waals surface area contributed by atoms with Gasteiger partial charge < -0.3 is 10.4 Å². The summed E-state index contributed by atoms with van der Waals surface area (Å²) in [5, 5.41) is 13.0. The lowest BCUT2D eigenvalue weighted by molar-refractivity contribution is 0.188. The molecule has 2 rings (SSSR count). The predicted octanol–water partition coefficient (Wildman–Crippen LogP) is 2.67. The highest BCUT2D eigenvalue weighted by Crippen LogP contribution is 2.45. The molecule has 1 aromatic rings. The maximum absolute atomic E-state index is 9.34. The monoisotopic (exact) mass is 233 g/mol. The molecule has 2 nitrogen and oxygen atoms in total. The first kappa shape index (κ1) is 12.6. The first-order valence-electron chi connectivity index (χ1n) is 6.53.